The van der Waals surface area contributed by atoms with Crippen LogP contribution in [0.4, 0.5) is 9.52 Å². The van der Waals surface area contributed by atoms with Gasteiger partial charge in [-0.2, -0.15) is 0 Å². The molecule has 2 aromatic carbocycles. The number of amides is 1. The summed E-state index contributed by atoms with van der Waals surface area (Å²) >= 11 is 10.7. The number of nitrogens with one attached hydrogen (secondary N) is 1. The molecule has 24 heavy (non-hydrogen) atoms. The lowest BCUT2D eigenvalue weighted by Crippen LogP contribution is -2.12. The second kappa shape index (κ2) is 7.42. The Morgan fingerprint density at radius 2 is 2.08 bits per heavy atom. The number of hydrogen-bond donors (Lipinski definition) is 1. The summed E-state index contributed by atoms with van der Waals surface area (Å²) < 4.78 is 13.5. The molecular weight excluding hydrogens is 415 g/mol. The highest BCUT2D eigenvalue weighted by atomic mass is 79.9. The van der Waals surface area contributed by atoms with Crippen molar-refractivity contribution >= 4 is 49.9 Å². The Balaban J connectivity index is 1.72. The highest BCUT2D eigenvalue weighted by Gasteiger charge is 2.13. The molecule has 1 N–H and O–H groups in total. The molecular formula is C17H11BrClFN2OS. The van der Waals surface area contributed by atoms with Crippen LogP contribution in [0.5, 0.6) is 0 Å². The zero-order valence-corrected chi connectivity index (χ0v) is 15.4. The normalized spacial score (nSPS) is 10.6. The van der Waals surface area contributed by atoms with Crippen LogP contribution in [0, 0.1) is 5.82 Å². The highest BCUT2D eigenvalue weighted by molar-refractivity contribution is 9.10. The zero-order valence-electron chi connectivity index (χ0n) is 12.2. The topological polar surface area (TPSA) is 42.0 Å². The maximum Gasteiger partial charge on any atom is 0.258 e. The van der Waals surface area contributed by atoms with Gasteiger partial charge in [-0.05, 0) is 45.8 Å². The van der Waals surface area contributed by atoms with Gasteiger partial charge in [0.05, 0.1) is 5.56 Å². The van der Waals surface area contributed by atoms with E-state index in [-0.39, 0.29) is 5.91 Å². The van der Waals surface area contributed by atoms with Gasteiger partial charge in [0.15, 0.2) is 5.13 Å². The molecule has 3 nitrogen and oxygen atoms in total. The lowest BCUT2D eigenvalue weighted by Gasteiger charge is -2.04. The van der Waals surface area contributed by atoms with E-state index in [1.54, 1.807) is 6.20 Å². The minimum absolute atomic E-state index is 0.347. The van der Waals surface area contributed by atoms with E-state index in [4.69, 9.17) is 11.6 Å². The van der Waals surface area contributed by atoms with Crippen molar-refractivity contribution in [3.63, 3.8) is 0 Å². The number of aromatic nitrogens is 1. The largest absolute Gasteiger partial charge is 0.298 e. The maximum atomic E-state index is 13.1. The first-order valence-corrected chi connectivity index (χ1v) is 8.96. The van der Waals surface area contributed by atoms with Crippen molar-refractivity contribution in [1.82, 2.24) is 4.98 Å². The van der Waals surface area contributed by atoms with Gasteiger partial charge in [-0.3, -0.25) is 10.1 Å². The van der Waals surface area contributed by atoms with E-state index >= 15 is 0 Å². The van der Waals surface area contributed by atoms with Crippen molar-refractivity contribution in [3.05, 3.63) is 80.0 Å². The molecule has 3 aromatic rings. The second-order valence-electron chi connectivity index (χ2n) is 4.98. The average Bonchev–Trinajstić information content (AvgIpc) is 2.96. The Morgan fingerprint density at radius 1 is 1.29 bits per heavy atom. The number of benzene rings is 2. The van der Waals surface area contributed by atoms with E-state index in [1.165, 1.54) is 29.5 Å². The molecule has 1 heterocycles. The summed E-state index contributed by atoms with van der Waals surface area (Å²) in [7, 11) is 0. The van der Waals surface area contributed by atoms with Gasteiger partial charge in [-0.25, -0.2) is 9.37 Å². The number of nitrogens with zero attached hydrogens (tertiary/aromatic N) is 1. The quantitative estimate of drug-likeness (QED) is 0.596. The summed E-state index contributed by atoms with van der Waals surface area (Å²) in [5, 5.41) is 3.91. The van der Waals surface area contributed by atoms with E-state index in [0.717, 1.165) is 10.4 Å². The Kier molecular flexibility index (Phi) is 5.28. The number of carbonyl (C=O) groups excluding carboxylic acids is 1. The van der Waals surface area contributed by atoms with Crippen LogP contribution in [0.15, 0.2) is 53.1 Å². The van der Waals surface area contributed by atoms with Gasteiger partial charge in [-0.1, -0.05) is 29.8 Å². The van der Waals surface area contributed by atoms with Crippen LogP contribution in [-0.2, 0) is 6.42 Å². The van der Waals surface area contributed by atoms with Gasteiger partial charge in [0.1, 0.15) is 5.82 Å². The highest BCUT2D eigenvalue weighted by Crippen LogP contribution is 2.26. The Hall–Kier alpha value is -1.76. The van der Waals surface area contributed by atoms with E-state index in [2.05, 4.69) is 26.2 Å². The smallest absolute Gasteiger partial charge is 0.258 e. The third kappa shape index (κ3) is 4.01. The van der Waals surface area contributed by atoms with Crippen LogP contribution in [0.1, 0.15) is 20.8 Å². The standard InChI is InChI=1S/C17H11BrClFN2OS/c18-14-8-11(20)5-6-13(14)16(23)22-17-21-9-12(24-17)7-10-3-1-2-4-15(10)19/h1-6,8-9H,7H2,(H,21,22,23). The second-order valence-corrected chi connectivity index (χ2v) is 7.35. The molecule has 1 amide bonds. The first-order chi connectivity index (χ1) is 11.5. The molecule has 0 aliphatic carbocycles. The molecule has 0 spiro atoms. The first kappa shape index (κ1) is 17.1. The zero-order chi connectivity index (χ0) is 17.1. The predicted molar refractivity (Wildman–Crippen MR) is 98.4 cm³/mol. The monoisotopic (exact) mass is 424 g/mol. The summed E-state index contributed by atoms with van der Waals surface area (Å²) in [4.78, 5) is 17.4. The van der Waals surface area contributed by atoms with Gasteiger partial charge in [0.2, 0.25) is 0 Å². The van der Waals surface area contributed by atoms with E-state index in [9.17, 15) is 9.18 Å². The van der Waals surface area contributed by atoms with Crippen molar-refractivity contribution in [2.24, 2.45) is 0 Å². The van der Waals surface area contributed by atoms with E-state index < -0.39 is 5.82 Å². The van der Waals surface area contributed by atoms with Crippen molar-refractivity contribution in [2.45, 2.75) is 6.42 Å². The van der Waals surface area contributed by atoms with Crippen molar-refractivity contribution in [2.75, 3.05) is 5.32 Å². The summed E-state index contributed by atoms with van der Waals surface area (Å²) in [5.41, 5.74) is 1.35. The predicted octanol–water partition coefficient (Wildman–Crippen LogP) is 5.54. The minimum Gasteiger partial charge on any atom is -0.298 e. The maximum absolute atomic E-state index is 13.1. The SMILES string of the molecule is O=C(Nc1ncc(Cc2ccccc2Cl)s1)c1ccc(F)cc1Br. The average molecular weight is 426 g/mol. The Labute approximate surface area is 155 Å². The van der Waals surface area contributed by atoms with E-state index in [0.29, 0.717) is 26.6 Å². The number of thiazole rings is 1. The molecule has 0 atom stereocenters. The lowest BCUT2D eigenvalue weighted by molar-refractivity contribution is 0.102. The third-order valence-corrected chi connectivity index (χ3v) is 5.21. The minimum atomic E-state index is -0.408. The molecule has 0 saturated heterocycles. The molecule has 0 aliphatic rings. The number of carbonyl (C=O) groups is 1. The molecule has 0 aliphatic heterocycles. The third-order valence-electron chi connectivity index (χ3n) is 3.27. The van der Waals surface area contributed by atoms with Gasteiger partial charge < -0.3 is 0 Å². The van der Waals surface area contributed by atoms with Gasteiger partial charge in [0.25, 0.3) is 5.91 Å². The van der Waals surface area contributed by atoms with Crippen LogP contribution >= 0.6 is 38.9 Å². The number of hydrogen-bond acceptors (Lipinski definition) is 3. The molecule has 122 valence electrons. The molecule has 0 radical (unpaired) electrons. The molecule has 0 unspecified atom stereocenters. The van der Waals surface area contributed by atoms with Crippen LogP contribution in [-0.4, -0.2) is 10.9 Å². The van der Waals surface area contributed by atoms with Crippen LogP contribution in [0.25, 0.3) is 0 Å². The molecule has 7 heteroatoms. The van der Waals surface area contributed by atoms with Gasteiger partial charge in [0, 0.05) is 27.0 Å². The summed E-state index contributed by atoms with van der Waals surface area (Å²) in [6.45, 7) is 0. The lowest BCUT2D eigenvalue weighted by atomic mass is 10.1. The molecule has 1 aromatic heterocycles. The summed E-state index contributed by atoms with van der Waals surface area (Å²) in [6, 6.07) is 11.5. The van der Waals surface area contributed by atoms with Crippen molar-refractivity contribution < 1.29 is 9.18 Å². The number of rotatable bonds is 4. The van der Waals surface area contributed by atoms with Crippen molar-refractivity contribution in [3.8, 4) is 0 Å². The van der Waals surface area contributed by atoms with E-state index in [1.807, 2.05) is 24.3 Å². The van der Waals surface area contributed by atoms with Crippen molar-refractivity contribution in [1.29, 1.82) is 0 Å². The van der Waals surface area contributed by atoms with Gasteiger partial charge in [-0.15, -0.1) is 11.3 Å². The Morgan fingerprint density at radius 3 is 2.83 bits per heavy atom. The first-order valence-electron chi connectivity index (χ1n) is 6.97. The summed E-state index contributed by atoms with van der Waals surface area (Å²) in [6.07, 6.45) is 2.36. The number of halogens is 3. The summed E-state index contributed by atoms with van der Waals surface area (Å²) in [5.74, 6) is -0.754. The molecule has 3 rings (SSSR count). The molecule has 0 bridgehead atoms. The van der Waals surface area contributed by atoms with Crippen LogP contribution in [0.3, 0.4) is 0 Å². The fourth-order valence-corrected chi connectivity index (χ4v) is 3.68. The molecule has 0 saturated carbocycles. The fraction of sp³-hybridized carbons (Fsp3) is 0.0588. The molecule has 0 fully saturated rings. The Bertz CT molecular complexity index is 900. The van der Waals surface area contributed by atoms with Gasteiger partial charge >= 0.3 is 0 Å². The van der Waals surface area contributed by atoms with Crippen LogP contribution in [0.2, 0.25) is 5.02 Å². The van der Waals surface area contributed by atoms with Crippen LogP contribution < -0.4 is 5.32 Å². The fourth-order valence-electron chi connectivity index (χ4n) is 2.11. The number of anilines is 1.